The van der Waals surface area contributed by atoms with Gasteiger partial charge in [0.2, 0.25) is 5.91 Å². The molecule has 134 valence electrons. The molecule has 7 heteroatoms. The number of anilines is 1. The molecular formula is C19H19ClN4OS. The van der Waals surface area contributed by atoms with E-state index in [9.17, 15) is 4.79 Å². The van der Waals surface area contributed by atoms with Gasteiger partial charge >= 0.3 is 0 Å². The number of carbonyl (C=O) groups is 1. The number of hydrogen-bond donors (Lipinski definition) is 1. The third kappa shape index (κ3) is 3.66. The Morgan fingerprint density at radius 3 is 2.85 bits per heavy atom. The molecule has 1 saturated heterocycles. The Bertz CT molecular complexity index is 923. The summed E-state index contributed by atoms with van der Waals surface area (Å²) in [5, 5.41) is 6.88. The van der Waals surface area contributed by atoms with Gasteiger partial charge in [-0.2, -0.15) is 0 Å². The molecule has 0 saturated carbocycles. The van der Waals surface area contributed by atoms with E-state index in [1.807, 2.05) is 40.6 Å². The van der Waals surface area contributed by atoms with E-state index in [1.54, 1.807) is 11.3 Å². The first-order valence-corrected chi connectivity index (χ1v) is 9.99. The van der Waals surface area contributed by atoms with E-state index in [1.165, 1.54) is 0 Å². The maximum absolute atomic E-state index is 12.2. The summed E-state index contributed by atoms with van der Waals surface area (Å²) in [5.74, 6) is 1.61. The Morgan fingerprint density at radius 2 is 2.08 bits per heavy atom. The minimum atomic E-state index is 0.204. The van der Waals surface area contributed by atoms with Crippen molar-refractivity contribution in [1.29, 1.82) is 0 Å². The first-order valence-electron chi connectivity index (χ1n) is 8.73. The standard InChI is InChI=1S/C19H19ClN4OS/c20-13-5-6-14-15(12-13)22-19(16-4-3-11-26-16)23-18(14)21-8-7-17(25)24-9-1-2-10-24/h3-6,11-12H,1-2,7-10H2,(H,21,22,23). The highest BCUT2D eigenvalue weighted by atomic mass is 35.5. The second kappa shape index (κ2) is 7.60. The number of nitrogens with zero attached hydrogens (tertiary/aromatic N) is 3. The van der Waals surface area contributed by atoms with Crippen LogP contribution in [-0.4, -0.2) is 40.4 Å². The molecule has 2 aromatic heterocycles. The molecule has 1 amide bonds. The highest BCUT2D eigenvalue weighted by molar-refractivity contribution is 7.13. The van der Waals surface area contributed by atoms with Crippen LogP contribution in [0.1, 0.15) is 19.3 Å². The first-order chi connectivity index (χ1) is 12.7. The van der Waals surface area contributed by atoms with E-state index in [4.69, 9.17) is 11.6 Å². The number of thiophene rings is 1. The van der Waals surface area contributed by atoms with Crippen molar-refractivity contribution in [1.82, 2.24) is 14.9 Å². The predicted molar refractivity (Wildman–Crippen MR) is 107 cm³/mol. The van der Waals surface area contributed by atoms with E-state index in [0.29, 0.717) is 23.8 Å². The lowest BCUT2D eigenvalue weighted by atomic mass is 10.2. The number of halogens is 1. The van der Waals surface area contributed by atoms with Crippen LogP contribution in [-0.2, 0) is 4.79 Å². The molecule has 1 aromatic carbocycles. The van der Waals surface area contributed by atoms with Crippen molar-refractivity contribution in [3.05, 3.63) is 40.7 Å². The Morgan fingerprint density at radius 1 is 1.23 bits per heavy atom. The lowest BCUT2D eigenvalue weighted by molar-refractivity contribution is -0.129. The molecule has 0 aliphatic carbocycles. The second-order valence-electron chi connectivity index (χ2n) is 6.30. The van der Waals surface area contributed by atoms with Crippen molar-refractivity contribution >= 4 is 45.6 Å². The number of nitrogens with one attached hydrogen (secondary N) is 1. The zero-order valence-corrected chi connectivity index (χ0v) is 15.8. The second-order valence-corrected chi connectivity index (χ2v) is 7.68. The summed E-state index contributed by atoms with van der Waals surface area (Å²) in [6.45, 7) is 2.32. The molecule has 1 N–H and O–H groups in total. The van der Waals surface area contributed by atoms with Gasteiger partial charge in [-0.05, 0) is 42.5 Å². The van der Waals surface area contributed by atoms with Crippen LogP contribution in [0.3, 0.4) is 0 Å². The van der Waals surface area contributed by atoms with Crippen LogP contribution >= 0.6 is 22.9 Å². The molecule has 4 rings (SSSR count). The van der Waals surface area contributed by atoms with Crippen LogP contribution in [0.25, 0.3) is 21.6 Å². The van der Waals surface area contributed by atoms with Crippen molar-refractivity contribution in [2.24, 2.45) is 0 Å². The summed E-state index contributed by atoms with van der Waals surface area (Å²) in [7, 11) is 0. The Labute approximate surface area is 161 Å². The molecule has 0 spiro atoms. The van der Waals surface area contributed by atoms with Gasteiger partial charge in [-0.15, -0.1) is 11.3 Å². The summed E-state index contributed by atoms with van der Waals surface area (Å²) in [6.07, 6.45) is 2.69. The largest absolute Gasteiger partial charge is 0.369 e. The van der Waals surface area contributed by atoms with Crippen LogP contribution in [0.15, 0.2) is 35.7 Å². The van der Waals surface area contributed by atoms with E-state index in [0.717, 1.165) is 47.5 Å². The summed E-state index contributed by atoms with van der Waals surface area (Å²) < 4.78 is 0. The van der Waals surface area contributed by atoms with Gasteiger partial charge in [0.25, 0.3) is 0 Å². The lowest BCUT2D eigenvalue weighted by Gasteiger charge is -2.16. The minimum Gasteiger partial charge on any atom is -0.369 e. The van der Waals surface area contributed by atoms with E-state index >= 15 is 0 Å². The number of benzene rings is 1. The number of amides is 1. The third-order valence-electron chi connectivity index (χ3n) is 4.49. The molecule has 0 bridgehead atoms. The molecule has 0 unspecified atom stereocenters. The molecular weight excluding hydrogens is 368 g/mol. The van der Waals surface area contributed by atoms with Crippen molar-refractivity contribution in [3.8, 4) is 10.7 Å². The Balaban J connectivity index is 1.57. The lowest BCUT2D eigenvalue weighted by Crippen LogP contribution is -2.29. The third-order valence-corrected chi connectivity index (χ3v) is 5.59. The number of rotatable bonds is 5. The summed E-state index contributed by atoms with van der Waals surface area (Å²) in [4.78, 5) is 24.5. The van der Waals surface area contributed by atoms with Gasteiger partial charge in [0, 0.05) is 36.5 Å². The number of aromatic nitrogens is 2. The van der Waals surface area contributed by atoms with Crippen molar-refractivity contribution in [3.63, 3.8) is 0 Å². The van der Waals surface area contributed by atoms with Crippen LogP contribution in [0.2, 0.25) is 5.02 Å². The zero-order valence-electron chi connectivity index (χ0n) is 14.2. The molecule has 26 heavy (non-hydrogen) atoms. The number of hydrogen-bond acceptors (Lipinski definition) is 5. The van der Waals surface area contributed by atoms with Crippen LogP contribution in [0.5, 0.6) is 0 Å². The van der Waals surface area contributed by atoms with Crippen molar-refractivity contribution < 1.29 is 4.79 Å². The molecule has 3 heterocycles. The summed E-state index contributed by atoms with van der Waals surface area (Å²) in [5.41, 5.74) is 0.796. The average Bonchev–Trinajstić information content (AvgIpc) is 3.34. The normalized spacial score (nSPS) is 14.1. The molecule has 3 aromatic rings. The van der Waals surface area contributed by atoms with Crippen LogP contribution in [0.4, 0.5) is 5.82 Å². The van der Waals surface area contributed by atoms with Crippen LogP contribution < -0.4 is 5.32 Å². The minimum absolute atomic E-state index is 0.204. The fraction of sp³-hybridized carbons (Fsp3) is 0.316. The molecule has 1 fully saturated rings. The predicted octanol–water partition coefficient (Wildman–Crippen LogP) is 4.44. The fourth-order valence-electron chi connectivity index (χ4n) is 3.17. The van der Waals surface area contributed by atoms with Gasteiger partial charge in [0.1, 0.15) is 5.82 Å². The summed E-state index contributed by atoms with van der Waals surface area (Å²) in [6, 6.07) is 9.57. The number of fused-ring (bicyclic) bond motifs is 1. The SMILES string of the molecule is O=C(CCNc1nc(-c2cccs2)nc2cc(Cl)ccc12)N1CCCC1. The van der Waals surface area contributed by atoms with Crippen molar-refractivity contribution in [2.75, 3.05) is 25.0 Å². The van der Waals surface area contributed by atoms with Crippen molar-refractivity contribution in [2.45, 2.75) is 19.3 Å². The molecule has 0 atom stereocenters. The van der Waals surface area contributed by atoms with Gasteiger partial charge in [-0.25, -0.2) is 9.97 Å². The Kier molecular flexibility index (Phi) is 5.04. The number of carbonyl (C=O) groups excluding carboxylic acids is 1. The Hall–Kier alpha value is -2.18. The highest BCUT2D eigenvalue weighted by Crippen LogP contribution is 2.29. The van der Waals surface area contributed by atoms with E-state index in [2.05, 4.69) is 15.3 Å². The fourth-order valence-corrected chi connectivity index (χ4v) is 3.99. The maximum Gasteiger partial charge on any atom is 0.224 e. The summed E-state index contributed by atoms with van der Waals surface area (Å²) >= 11 is 7.73. The molecule has 1 aliphatic heterocycles. The topological polar surface area (TPSA) is 58.1 Å². The number of likely N-dealkylation sites (tertiary alicyclic amines) is 1. The molecule has 0 radical (unpaired) electrons. The quantitative estimate of drug-likeness (QED) is 0.704. The van der Waals surface area contributed by atoms with Gasteiger partial charge < -0.3 is 10.2 Å². The zero-order chi connectivity index (χ0) is 17.9. The van der Waals surface area contributed by atoms with E-state index < -0.39 is 0 Å². The monoisotopic (exact) mass is 386 g/mol. The van der Waals surface area contributed by atoms with Crippen LogP contribution in [0, 0.1) is 0 Å². The van der Waals surface area contributed by atoms with Gasteiger partial charge in [0.05, 0.1) is 10.4 Å². The highest BCUT2D eigenvalue weighted by Gasteiger charge is 2.17. The average molecular weight is 387 g/mol. The van der Waals surface area contributed by atoms with Gasteiger partial charge in [0.15, 0.2) is 5.82 Å². The molecule has 5 nitrogen and oxygen atoms in total. The molecule has 1 aliphatic rings. The smallest absolute Gasteiger partial charge is 0.224 e. The van der Waals surface area contributed by atoms with Gasteiger partial charge in [-0.3, -0.25) is 4.79 Å². The van der Waals surface area contributed by atoms with E-state index in [-0.39, 0.29) is 5.91 Å². The maximum atomic E-state index is 12.2. The van der Waals surface area contributed by atoms with Gasteiger partial charge in [-0.1, -0.05) is 17.7 Å². The first kappa shape index (κ1) is 17.2.